The third-order valence-electron chi connectivity index (χ3n) is 2.53. The number of nitrogens with zero attached hydrogens (tertiary/aromatic N) is 2. The van der Waals surface area contributed by atoms with E-state index < -0.39 is 15.5 Å². The van der Waals surface area contributed by atoms with Crippen LogP contribution in [0.2, 0.25) is 5.02 Å². The van der Waals surface area contributed by atoms with Gasteiger partial charge in [0.1, 0.15) is 20.7 Å². The highest BCUT2D eigenvalue weighted by Crippen LogP contribution is 2.21. The van der Waals surface area contributed by atoms with Gasteiger partial charge in [0.25, 0.3) is 11.4 Å². The molecule has 10 heteroatoms. The Bertz CT molecular complexity index is 466. The lowest BCUT2D eigenvalue weighted by molar-refractivity contribution is -0.390. The van der Waals surface area contributed by atoms with E-state index in [-0.39, 0.29) is 16.2 Å². The molecule has 1 rings (SSSR count). The Morgan fingerprint density at radius 3 is 1.69 bits per heavy atom. The van der Waals surface area contributed by atoms with Crippen LogP contribution in [0.15, 0.2) is 0 Å². The highest BCUT2D eigenvalue weighted by Gasteiger charge is 2.29. The molecule has 1 aromatic rings. The molecule has 0 aliphatic rings. The molecule has 16 heavy (non-hydrogen) atoms. The van der Waals surface area contributed by atoms with Crippen LogP contribution in [0.3, 0.4) is 0 Å². The minimum absolute atomic E-state index is 0.0110. The lowest BCUT2D eigenvalue weighted by Gasteiger charge is -2.08. The van der Waals surface area contributed by atoms with Crippen molar-refractivity contribution in [2.45, 2.75) is 0 Å². The van der Waals surface area contributed by atoms with Crippen molar-refractivity contribution in [3.8, 4) is 0 Å². The number of hydrogen-bond donors (Lipinski definition) is 0. The summed E-state index contributed by atoms with van der Waals surface area (Å²) in [5.41, 5.74) is 0.0805. The van der Waals surface area contributed by atoms with E-state index >= 15 is 0 Å². The standard InChI is InChI=1S/C6H6B3ClN2O4/c7-1-2(8)5(11(13)14)3(9)6(4(1)10)12(15)16/h7-9H2. The Labute approximate surface area is 98.5 Å². The van der Waals surface area contributed by atoms with Crippen molar-refractivity contribution in [3.05, 3.63) is 25.3 Å². The van der Waals surface area contributed by atoms with Gasteiger partial charge >= 0.3 is 0 Å². The Morgan fingerprint density at radius 1 is 0.875 bits per heavy atom. The number of hydrogen-bond acceptors (Lipinski definition) is 4. The Hall–Kier alpha value is -1.50. The summed E-state index contributed by atoms with van der Waals surface area (Å²) in [7, 11) is 4.38. The van der Waals surface area contributed by atoms with Gasteiger partial charge in [-0.1, -0.05) is 17.1 Å². The van der Waals surface area contributed by atoms with Crippen LogP contribution in [-0.4, -0.2) is 33.4 Å². The summed E-state index contributed by atoms with van der Waals surface area (Å²) in [4.78, 5) is 20.3. The molecule has 0 heterocycles. The van der Waals surface area contributed by atoms with Gasteiger partial charge in [0, 0.05) is 0 Å². The number of halogens is 1. The molecule has 6 nitrogen and oxygen atoms in total. The van der Waals surface area contributed by atoms with E-state index in [1.807, 2.05) is 0 Å². The molecule has 0 fully saturated rings. The zero-order chi connectivity index (χ0) is 12.6. The van der Waals surface area contributed by atoms with Crippen LogP contribution in [0, 0.1) is 20.2 Å². The van der Waals surface area contributed by atoms with Crippen LogP contribution in [0.5, 0.6) is 0 Å². The average molecular weight is 238 g/mol. The molecule has 0 aromatic heterocycles. The predicted molar refractivity (Wildman–Crippen MR) is 69.3 cm³/mol. The molecule has 0 aliphatic heterocycles. The first-order valence-electron chi connectivity index (χ1n) is 4.37. The van der Waals surface area contributed by atoms with Gasteiger partial charge in [-0.2, -0.15) is 0 Å². The number of benzene rings is 1. The monoisotopic (exact) mass is 238 g/mol. The number of rotatable bonds is 2. The van der Waals surface area contributed by atoms with E-state index in [0.717, 1.165) is 0 Å². The molecule has 0 bridgehead atoms. The summed E-state index contributed by atoms with van der Waals surface area (Å²) in [6, 6.07) is 0. The molecule has 80 valence electrons. The summed E-state index contributed by atoms with van der Waals surface area (Å²) in [6.07, 6.45) is 0. The molecule has 0 atom stereocenters. The first kappa shape index (κ1) is 12.6. The van der Waals surface area contributed by atoms with Crippen LogP contribution in [0.25, 0.3) is 0 Å². The van der Waals surface area contributed by atoms with Crippen molar-refractivity contribution in [1.29, 1.82) is 0 Å². The summed E-state index contributed by atoms with van der Waals surface area (Å²) in [5.74, 6) is 0. The molecule has 0 spiro atoms. The van der Waals surface area contributed by atoms with Gasteiger partial charge in [0.05, 0.1) is 15.3 Å². The van der Waals surface area contributed by atoms with Crippen LogP contribution >= 0.6 is 11.6 Å². The molecule has 0 aliphatic carbocycles. The van der Waals surface area contributed by atoms with E-state index in [9.17, 15) is 20.2 Å². The molecule has 0 N–H and O–H groups in total. The molecule has 0 saturated carbocycles. The predicted octanol–water partition coefficient (Wildman–Crippen LogP) is -3.07. The van der Waals surface area contributed by atoms with E-state index in [1.54, 1.807) is 0 Å². The third-order valence-corrected chi connectivity index (χ3v) is 2.99. The van der Waals surface area contributed by atoms with Gasteiger partial charge in [-0.25, -0.2) is 0 Å². The van der Waals surface area contributed by atoms with E-state index in [0.29, 0.717) is 10.9 Å². The summed E-state index contributed by atoms with van der Waals surface area (Å²) in [6.45, 7) is 0. The molecular weight excluding hydrogens is 232 g/mol. The van der Waals surface area contributed by atoms with Crippen LogP contribution in [0.1, 0.15) is 0 Å². The fourth-order valence-electron chi connectivity index (χ4n) is 1.57. The molecule has 1 aromatic carbocycles. The fourth-order valence-corrected chi connectivity index (χ4v) is 1.92. The van der Waals surface area contributed by atoms with Crippen molar-refractivity contribution in [2.24, 2.45) is 0 Å². The summed E-state index contributed by atoms with van der Waals surface area (Å²) >= 11 is 5.81. The average Bonchev–Trinajstić information content (AvgIpc) is 2.13. The van der Waals surface area contributed by atoms with Gasteiger partial charge in [0.15, 0.2) is 7.85 Å². The fraction of sp³-hybridized carbons (Fsp3) is 0. The minimum atomic E-state index is -0.697. The van der Waals surface area contributed by atoms with Crippen molar-refractivity contribution < 1.29 is 9.85 Å². The Balaban J connectivity index is 3.80. The first-order chi connectivity index (χ1) is 7.29. The molecule has 0 radical (unpaired) electrons. The van der Waals surface area contributed by atoms with Crippen LogP contribution < -0.4 is 16.4 Å². The maximum Gasteiger partial charge on any atom is 0.287 e. The third kappa shape index (κ3) is 1.78. The molecule has 0 amide bonds. The normalized spacial score (nSPS) is 10.1. The number of nitro benzene ring substituents is 2. The highest BCUT2D eigenvalue weighted by molar-refractivity contribution is 6.59. The second-order valence-electron chi connectivity index (χ2n) is 3.40. The summed E-state index contributed by atoms with van der Waals surface area (Å²) < 4.78 is 0. The second-order valence-corrected chi connectivity index (χ2v) is 3.78. The second kappa shape index (κ2) is 4.17. The Morgan fingerprint density at radius 2 is 1.31 bits per heavy atom. The van der Waals surface area contributed by atoms with Gasteiger partial charge in [-0.05, 0) is 5.46 Å². The van der Waals surface area contributed by atoms with E-state index in [1.165, 1.54) is 23.5 Å². The SMILES string of the molecule is Bc1c(B)c([N+](=O)[O-])c(B)c([N+](=O)[O-])c1Cl. The van der Waals surface area contributed by atoms with Crippen molar-refractivity contribution in [3.63, 3.8) is 0 Å². The van der Waals surface area contributed by atoms with Gasteiger partial charge in [-0.3, -0.25) is 20.2 Å². The van der Waals surface area contributed by atoms with Gasteiger partial charge in [-0.15, -0.1) is 0 Å². The Kier molecular flexibility index (Phi) is 3.28. The topological polar surface area (TPSA) is 86.3 Å². The largest absolute Gasteiger partial charge is 0.287 e. The molecule has 0 saturated heterocycles. The zero-order valence-electron chi connectivity index (χ0n) is 8.91. The smallest absolute Gasteiger partial charge is 0.258 e. The first-order valence-corrected chi connectivity index (χ1v) is 4.74. The minimum Gasteiger partial charge on any atom is -0.258 e. The van der Waals surface area contributed by atoms with Crippen molar-refractivity contribution >= 4 is 62.9 Å². The van der Waals surface area contributed by atoms with Crippen LogP contribution in [-0.2, 0) is 0 Å². The van der Waals surface area contributed by atoms with E-state index in [4.69, 9.17) is 11.6 Å². The van der Waals surface area contributed by atoms with Crippen molar-refractivity contribution in [1.82, 2.24) is 0 Å². The van der Waals surface area contributed by atoms with Gasteiger partial charge < -0.3 is 0 Å². The maximum absolute atomic E-state index is 10.8. The van der Waals surface area contributed by atoms with Gasteiger partial charge in [0.2, 0.25) is 0 Å². The lowest BCUT2D eigenvalue weighted by Crippen LogP contribution is -2.36. The molecule has 0 unspecified atom stereocenters. The van der Waals surface area contributed by atoms with Crippen molar-refractivity contribution in [2.75, 3.05) is 0 Å². The highest BCUT2D eigenvalue weighted by atomic mass is 35.5. The zero-order valence-corrected chi connectivity index (χ0v) is 9.66. The quantitative estimate of drug-likeness (QED) is 0.311. The molecular formula is C6H6B3ClN2O4. The lowest BCUT2D eigenvalue weighted by atomic mass is 9.74. The van der Waals surface area contributed by atoms with E-state index in [2.05, 4.69) is 0 Å². The number of nitro groups is 2. The maximum atomic E-state index is 10.8. The summed E-state index contributed by atoms with van der Waals surface area (Å²) in [5, 5.41) is 21.6. The van der Waals surface area contributed by atoms with Crippen LogP contribution in [0.4, 0.5) is 11.4 Å².